The summed E-state index contributed by atoms with van der Waals surface area (Å²) in [5, 5.41) is 8.02. The van der Waals surface area contributed by atoms with Gasteiger partial charge in [0.15, 0.2) is 5.82 Å². The van der Waals surface area contributed by atoms with Gasteiger partial charge in [0.05, 0.1) is 17.6 Å². The van der Waals surface area contributed by atoms with Gasteiger partial charge in [0.25, 0.3) is 0 Å². The minimum atomic E-state index is 0.0608. The quantitative estimate of drug-likeness (QED) is 0.939. The molecular weight excluding hydrogens is 262 g/mol. The lowest BCUT2D eigenvalue weighted by Gasteiger charge is -2.20. The second kappa shape index (κ2) is 5.93. The Balaban J connectivity index is 2.29. The predicted octanol–water partition coefficient (Wildman–Crippen LogP) is 2.73. The van der Waals surface area contributed by atoms with Crippen LogP contribution in [0.25, 0.3) is 5.82 Å². The van der Waals surface area contributed by atoms with Gasteiger partial charge in [-0.25, -0.2) is 9.67 Å². The van der Waals surface area contributed by atoms with E-state index in [-0.39, 0.29) is 5.54 Å². The zero-order valence-electron chi connectivity index (χ0n) is 13.9. The molecule has 2 heterocycles. The van der Waals surface area contributed by atoms with Gasteiger partial charge in [-0.15, -0.1) is 0 Å². The Morgan fingerprint density at radius 2 is 1.90 bits per heavy atom. The molecule has 0 atom stereocenters. The van der Waals surface area contributed by atoms with Crippen molar-refractivity contribution >= 4 is 0 Å². The van der Waals surface area contributed by atoms with E-state index in [2.05, 4.69) is 55.0 Å². The average Bonchev–Trinajstić information content (AvgIpc) is 2.71. The van der Waals surface area contributed by atoms with Crippen LogP contribution in [0.1, 0.15) is 50.3 Å². The lowest BCUT2D eigenvalue weighted by atomic mass is 10.1. The highest BCUT2D eigenvalue weighted by Gasteiger charge is 2.13. The van der Waals surface area contributed by atoms with Gasteiger partial charge >= 0.3 is 0 Å². The number of nitrogens with zero attached hydrogens (tertiary/aromatic N) is 4. The molecule has 2 aromatic heterocycles. The maximum atomic E-state index is 4.67. The van der Waals surface area contributed by atoms with Crippen LogP contribution >= 0.6 is 0 Å². The van der Waals surface area contributed by atoms with E-state index in [1.807, 2.05) is 11.6 Å². The Labute approximate surface area is 126 Å². The third kappa shape index (κ3) is 3.67. The predicted molar refractivity (Wildman–Crippen MR) is 84.6 cm³/mol. The van der Waals surface area contributed by atoms with Gasteiger partial charge in [-0.3, -0.25) is 4.98 Å². The molecule has 0 aliphatic carbocycles. The Kier molecular flexibility index (Phi) is 4.42. The first-order chi connectivity index (χ1) is 9.81. The monoisotopic (exact) mass is 287 g/mol. The molecule has 114 valence electrons. The first-order valence-corrected chi connectivity index (χ1v) is 7.43. The lowest BCUT2D eigenvalue weighted by molar-refractivity contribution is 0.420. The standard InChI is InChI=1S/C16H25N5/c1-7-14-11(2)20-21(12(14)3)15-10-17-8-13(19-15)9-18-16(4,5)6/h8,10,18H,7,9H2,1-6H3. The largest absolute Gasteiger partial charge is 0.306 e. The van der Waals surface area contributed by atoms with E-state index in [0.717, 1.165) is 29.3 Å². The molecule has 0 saturated carbocycles. The van der Waals surface area contributed by atoms with E-state index >= 15 is 0 Å². The Morgan fingerprint density at radius 3 is 2.48 bits per heavy atom. The molecule has 2 rings (SSSR count). The van der Waals surface area contributed by atoms with Gasteiger partial charge < -0.3 is 5.32 Å². The number of aryl methyl sites for hydroxylation is 1. The average molecular weight is 287 g/mol. The fourth-order valence-electron chi connectivity index (χ4n) is 2.35. The Morgan fingerprint density at radius 1 is 1.19 bits per heavy atom. The molecule has 0 radical (unpaired) electrons. The molecule has 0 aromatic carbocycles. The SMILES string of the molecule is CCc1c(C)nn(-c2cncc(CNC(C)(C)C)n2)c1C. The van der Waals surface area contributed by atoms with Gasteiger partial charge in [0, 0.05) is 24.0 Å². The highest BCUT2D eigenvalue weighted by Crippen LogP contribution is 2.17. The summed E-state index contributed by atoms with van der Waals surface area (Å²) in [5.74, 6) is 0.781. The first kappa shape index (κ1) is 15.6. The molecule has 21 heavy (non-hydrogen) atoms. The maximum absolute atomic E-state index is 4.67. The van der Waals surface area contributed by atoms with E-state index in [9.17, 15) is 0 Å². The smallest absolute Gasteiger partial charge is 0.172 e. The highest BCUT2D eigenvalue weighted by atomic mass is 15.3. The number of aromatic nitrogens is 4. The molecule has 0 spiro atoms. The van der Waals surface area contributed by atoms with E-state index in [1.165, 1.54) is 5.56 Å². The topological polar surface area (TPSA) is 55.6 Å². The van der Waals surface area contributed by atoms with Gasteiger partial charge in [-0.2, -0.15) is 5.10 Å². The van der Waals surface area contributed by atoms with Crippen LogP contribution in [0.3, 0.4) is 0 Å². The highest BCUT2D eigenvalue weighted by molar-refractivity contribution is 5.31. The summed E-state index contributed by atoms with van der Waals surface area (Å²) >= 11 is 0. The number of nitrogens with one attached hydrogen (secondary N) is 1. The lowest BCUT2D eigenvalue weighted by Crippen LogP contribution is -2.35. The Hall–Kier alpha value is -1.75. The van der Waals surface area contributed by atoms with Crippen molar-refractivity contribution < 1.29 is 0 Å². The molecule has 0 amide bonds. The second-order valence-electron chi connectivity index (χ2n) is 6.39. The second-order valence-corrected chi connectivity index (χ2v) is 6.39. The third-order valence-electron chi connectivity index (χ3n) is 3.48. The summed E-state index contributed by atoms with van der Waals surface area (Å²) in [6.45, 7) is 13.4. The molecule has 0 bridgehead atoms. The molecule has 5 nitrogen and oxygen atoms in total. The van der Waals surface area contributed by atoms with Crippen LogP contribution in [0.15, 0.2) is 12.4 Å². The minimum absolute atomic E-state index is 0.0608. The van der Waals surface area contributed by atoms with Crippen molar-refractivity contribution in [3.05, 3.63) is 35.0 Å². The zero-order chi connectivity index (χ0) is 15.6. The number of hydrogen-bond donors (Lipinski definition) is 1. The van der Waals surface area contributed by atoms with Gasteiger partial charge in [-0.05, 0) is 46.6 Å². The molecular formula is C16H25N5. The fraction of sp³-hybridized carbons (Fsp3) is 0.562. The summed E-state index contributed by atoms with van der Waals surface area (Å²) in [6, 6.07) is 0. The van der Waals surface area contributed by atoms with Crippen molar-refractivity contribution in [3.8, 4) is 5.82 Å². The van der Waals surface area contributed by atoms with Crippen molar-refractivity contribution in [1.29, 1.82) is 0 Å². The molecule has 0 fully saturated rings. The summed E-state index contributed by atoms with van der Waals surface area (Å²) < 4.78 is 1.89. The molecule has 0 aliphatic heterocycles. The fourth-order valence-corrected chi connectivity index (χ4v) is 2.35. The van der Waals surface area contributed by atoms with Crippen LogP contribution in [-0.2, 0) is 13.0 Å². The van der Waals surface area contributed by atoms with Crippen LogP contribution in [0.4, 0.5) is 0 Å². The van der Waals surface area contributed by atoms with E-state index in [4.69, 9.17) is 0 Å². The van der Waals surface area contributed by atoms with E-state index in [1.54, 1.807) is 12.4 Å². The van der Waals surface area contributed by atoms with Crippen molar-refractivity contribution in [2.45, 2.75) is 60.0 Å². The van der Waals surface area contributed by atoms with Crippen LogP contribution in [0.5, 0.6) is 0 Å². The summed E-state index contributed by atoms with van der Waals surface area (Å²) in [4.78, 5) is 8.98. The minimum Gasteiger partial charge on any atom is -0.306 e. The van der Waals surface area contributed by atoms with Crippen molar-refractivity contribution in [1.82, 2.24) is 25.1 Å². The van der Waals surface area contributed by atoms with E-state index in [0.29, 0.717) is 6.54 Å². The van der Waals surface area contributed by atoms with Gasteiger partial charge in [0.2, 0.25) is 0 Å². The van der Waals surface area contributed by atoms with Crippen molar-refractivity contribution in [3.63, 3.8) is 0 Å². The van der Waals surface area contributed by atoms with Crippen molar-refractivity contribution in [2.75, 3.05) is 0 Å². The van der Waals surface area contributed by atoms with Crippen LogP contribution in [0, 0.1) is 13.8 Å². The summed E-state index contributed by atoms with van der Waals surface area (Å²) in [6.07, 6.45) is 4.55. The first-order valence-electron chi connectivity index (χ1n) is 7.43. The summed E-state index contributed by atoms with van der Waals surface area (Å²) in [5.41, 5.74) is 4.48. The van der Waals surface area contributed by atoms with Gasteiger partial charge in [0.1, 0.15) is 0 Å². The molecule has 0 unspecified atom stereocenters. The Bertz CT molecular complexity index is 622. The number of rotatable bonds is 4. The molecule has 1 N–H and O–H groups in total. The van der Waals surface area contributed by atoms with E-state index < -0.39 is 0 Å². The number of hydrogen-bond acceptors (Lipinski definition) is 4. The third-order valence-corrected chi connectivity index (χ3v) is 3.48. The molecule has 2 aromatic rings. The summed E-state index contributed by atoms with van der Waals surface area (Å²) in [7, 11) is 0. The zero-order valence-corrected chi connectivity index (χ0v) is 13.9. The molecule has 5 heteroatoms. The van der Waals surface area contributed by atoms with Crippen LogP contribution in [0.2, 0.25) is 0 Å². The molecule has 0 aliphatic rings. The maximum Gasteiger partial charge on any atom is 0.172 e. The van der Waals surface area contributed by atoms with Gasteiger partial charge in [-0.1, -0.05) is 6.92 Å². The van der Waals surface area contributed by atoms with Crippen LogP contribution in [-0.4, -0.2) is 25.3 Å². The van der Waals surface area contributed by atoms with Crippen molar-refractivity contribution in [2.24, 2.45) is 0 Å². The normalized spacial score (nSPS) is 11.9. The van der Waals surface area contributed by atoms with Crippen LogP contribution < -0.4 is 5.32 Å². The molecule has 0 saturated heterocycles.